The maximum Gasteiger partial charge on any atom is 0.254 e. The van der Waals surface area contributed by atoms with Crippen LogP contribution in [0.1, 0.15) is 0 Å². The van der Waals surface area contributed by atoms with Crippen molar-refractivity contribution in [3.63, 3.8) is 0 Å². The summed E-state index contributed by atoms with van der Waals surface area (Å²) in [4.78, 5) is 17.8. The molecule has 114 valence electrons. The van der Waals surface area contributed by atoms with Crippen LogP contribution in [0.5, 0.6) is 0 Å². The molecular formula is C11H14N4O5S. The summed E-state index contributed by atoms with van der Waals surface area (Å²) in [7, 11) is 0. The number of hydrogen-bond acceptors (Lipinski definition) is 9. The minimum absolute atomic E-state index is 0.415. The Morgan fingerprint density at radius 1 is 1.33 bits per heavy atom. The summed E-state index contributed by atoms with van der Waals surface area (Å²) in [5.74, 6) is 0. The van der Waals surface area contributed by atoms with Gasteiger partial charge in [0, 0.05) is 0 Å². The van der Waals surface area contributed by atoms with Crippen LogP contribution in [-0.4, -0.2) is 72.5 Å². The van der Waals surface area contributed by atoms with E-state index in [-0.39, 0.29) is 0 Å². The lowest BCUT2D eigenvalue weighted by atomic mass is 10.1. The molecule has 1 saturated heterocycles. The molecule has 0 bridgehead atoms. The molecule has 1 aliphatic rings. The molecule has 4 atom stereocenters. The molecule has 1 aliphatic heterocycles. The second-order valence-electron chi connectivity index (χ2n) is 4.44. The van der Waals surface area contributed by atoms with Crippen molar-refractivity contribution in [2.75, 3.05) is 12.9 Å². The normalized spacial score (nSPS) is 29.1. The van der Waals surface area contributed by atoms with Gasteiger partial charge in [-0.1, -0.05) is 0 Å². The molecule has 9 nitrogen and oxygen atoms in total. The maximum atomic E-state index is 9.85. The first-order valence-electron chi connectivity index (χ1n) is 6.17. The molecule has 10 heteroatoms. The van der Waals surface area contributed by atoms with Crippen molar-refractivity contribution in [1.29, 1.82) is 0 Å². The first-order chi connectivity index (χ1) is 10.2. The molecule has 3 N–H and O–H groups in total. The summed E-state index contributed by atoms with van der Waals surface area (Å²) in [5, 5.41) is 29.3. The fourth-order valence-corrected chi connectivity index (χ4v) is 2.57. The largest absolute Gasteiger partial charge is 0.394 e. The number of nitrogens with zero attached hydrogens (tertiary/aromatic N) is 4. The number of aromatic nitrogens is 4. The Morgan fingerprint density at radius 2 is 2.14 bits per heavy atom. The van der Waals surface area contributed by atoms with Gasteiger partial charge < -0.3 is 24.9 Å². The molecule has 0 aliphatic carbocycles. The van der Waals surface area contributed by atoms with Crippen molar-refractivity contribution < 1.29 is 24.9 Å². The van der Waals surface area contributed by atoms with Gasteiger partial charge >= 0.3 is 0 Å². The minimum atomic E-state index is -1.28. The molecule has 3 heterocycles. The van der Waals surface area contributed by atoms with Gasteiger partial charge in [0.2, 0.25) is 0 Å². The number of hydrogen-bond donors (Lipinski definition) is 3. The van der Waals surface area contributed by atoms with E-state index < -0.39 is 31.2 Å². The second kappa shape index (κ2) is 5.73. The quantitative estimate of drug-likeness (QED) is 0.453. The molecule has 0 spiro atoms. The highest BCUT2D eigenvalue weighted by atomic mass is 32.2. The number of aliphatic hydroxyl groups excluding tert-OH is 3. The Hall–Kier alpha value is -1.46. The third-order valence-electron chi connectivity index (χ3n) is 3.18. The standard InChI is InChI=1S/C11H14N4O5S/c1-21-10-6-9(12-3-13-10)15(4-14-6)20-11-8(18)7(17)5(2-16)19-11/h3-5,7-8,11,16-18H,2H2,1H3/t5-,7-,8-,11-/m1/s1. The highest BCUT2D eigenvalue weighted by molar-refractivity contribution is 7.98. The van der Waals surface area contributed by atoms with E-state index in [1.807, 2.05) is 6.26 Å². The van der Waals surface area contributed by atoms with Crippen LogP contribution in [0.4, 0.5) is 0 Å². The Kier molecular flexibility index (Phi) is 3.95. The van der Waals surface area contributed by atoms with E-state index in [1.54, 1.807) is 0 Å². The first kappa shape index (κ1) is 14.5. The number of aliphatic hydroxyl groups is 3. The van der Waals surface area contributed by atoms with Crippen LogP contribution < -0.4 is 4.84 Å². The molecular weight excluding hydrogens is 300 g/mol. The van der Waals surface area contributed by atoms with E-state index in [2.05, 4.69) is 15.0 Å². The number of fused-ring (bicyclic) bond motifs is 1. The molecule has 0 amide bonds. The summed E-state index contributed by atoms with van der Waals surface area (Å²) in [6.07, 6.45) is 0.125. The van der Waals surface area contributed by atoms with E-state index in [0.717, 1.165) is 0 Å². The van der Waals surface area contributed by atoms with Gasteiger partial charge in [0.15, 0.2) is 5.65 Å². The lowest BCUT2D eigenvalue weighted by molar-refractivity contribution is -0.169. The Morgan fingerprint density at radius 3 is 2.81 bits per heavy atom. The summed E-state index contributed by atoms with van der Waals surface area (Å²) in [5.41, 5.74) is 0.990. The van der Waals surface area contributed by atoms with E-state index in [0.29, 0.717) is 16.2 Å². The predicted octanol–water partition coefficient (Wildman–Crippen LogP) is -1.58. The summed E-state index contributed by atoms with van der Waals surface area (Å²) in [6.45, 7) is -0.415. The third kappa shape index (κ3) is 2.45. The lowest BCUT2D eigenvalue weighted by Gasteiger charge is -2.16. The molecule has 0 radical (unpaired) electrons. The average molecular weight is 314 g/mol. The number of ether oxygens (including phenoxy) is 1. The topological polar surface area (TPSA) is 123 Å². The smallest absolute Gasteiger partial charge is 0.254 e. The van der Waals surface area contributed by atoms with Crippen molar-refractivity contribution in [2.24, 2.45) is 0 Å². The van der Waals surface area contributed by atoms with Gasteiger partial charge in [0.25, 0.3) is 6.29 Å². The molecule has 0 unspecified atom stereocenters. The summed E-state index contributed by atoms with van der Waals surface area (Å²) in [6, 6.07) is 0. The van der Waals surface area contributed by atoms with Crippen LogP contribution in [0.2, 0.25) is 0 Å². The summed E-state index contributed by atoms with van der Waals surface area (Å²) >= 11 is 1.42. The molecule has 0 aromatic carbocycles. The van der Waals surface area contributed by atoms with E-state index in [9.17, 15) is 10.2 Å². The van der Waals surface area contributed by atoms with Crippen LogP contribution in [0.15, 0.2) is 17.7 Å². The predicted molar refractivity (Wildman–Crippen MR) is 71.4 cm³/mol. The monoisotopic (exact) mass is 314 g/mol. The van der Waals surface area contributed by atoms with Crippen LogP contribution in [-0.2, 0) is 4.74 Å². The van der Waals surface area contributed by atoms with Crippen LogP contribution in [0.25, 0.3) is 11.2 Å². The van der Waals surface area contributed by atoms with Crippen LogP contribution in [0, 0.1) is 0 Å². The zero-order chi connectivity index (χ0) is 15.0. The van der Waals surface area contributed by atoms with Gasteiger partial charge in [-0.15, -0.1) is 16.5 Å². The van der Waals surface area contributed by atoms with Gasteiger partial charge in [0.1, 0.15) is 41.5 Å². The first-order valence-corrected chi connectivity index (χ1v) is 7.39. The van der Waals surface area contributed by atoms with Crippen molar-refractivity contribution in [3.05, 3.63) is 12.7 Å². The Labute approximate surface area is 123 Å². The fraction of sp³-hybridized carbons (Fsp3) is 0.545. The van der Waals surface area contributed by atoms with Gasteiger partial charge in [-0.2, -0.15) is 0 Å². The van der Waals surface area contributed by atoms with Crippen LogP contribution in [0.3, 0.4) is 0 Å². The Bertz CT molecular complexity index is 638. The van der Waals surface area contributed by atoms with Crippen molar-refractivity contribution in [2.45, 2.75) is 29.6 Å². The number of imidazole rings is 1. The lowest BCUT2D eigenvalue weighted by Crippen LogP contribution is -2.38. The minimum Gasteiger partial charge on any atom is -0.394 e. The van der Waals surface area contributed by atoms with Crippen molar-refractivity contribution in [3.8, 4) is 0 Å². The highest BCUT2D eigenvalue weighted by Gasteiger charge is 2.44. The molecule has 21 heavy (non-hydrogen) atoms. The third-order valence-corrected chi connectivity index (χ3v) is 3.86. The number of thioether (sulfide) groups is 1. The zero-order valence-corrected chi connectivity index (χ0v) is 11.8. The van der Waals surface area contributed by atoms with Crippen molar-refractivity contribution >= 4 is 22.9 Å². The average Bonchev–Trinajstić information content (AvgIpc) is 3.03. The van der Waals surface area contributed by atoms with Crippen LogP contribution >= 0.6 is 11.8 Å². The maximum absolute atomic E-state index is 9.85. The van der Waals surface area contributed by atoms with E-state index >= 15 is 0 Å². The number of rotatable bonds is 4. The summed E-state index contributed by atoms with van der Waals surface area (Å²) < 4.78 is 6.49. The molecule has 3 rings (SSSR count). The SMILES string of the molecule is CSc1ncnc2c1ncn2O[C@H]1O[C@H](CO)[C@@H](O)[C@H]1O. The van der Waals surface area contributed by atoms with E-state index in [1.165, 1.54) is 29.1 Å². The second-order valence-corrected chi connectivity index (χ2v) is 5.23. The van der Waals surface area contributed by atoms with Gasteiger partial charge in [-0.05, 0) is 6.26 Å². The fourth-order valence-electron chi connectivity index (χ4n) is 2.08. The molecule has 2 aromatic heterocycles. The zero-order valence-electron chi connectivity index (χ0n) is 11.0. The molecule has 2 aromatic rings. The highest BCUT2D eigenvalue weighted by Crippen LogP contribution is 2.23. The van der Waals surface area contributed by atoms with Gasteiger partial charge in [-0.3, -0.25) is 0 Å². The molecule has 0 saturated carbocycles. The van der Waals surface area contributed by atoms with Gasteiger partial charge in [-0.25, -0.2) is 15.0 Å². The van der Waals surface area contributed by atoms with Gasteiger partial charge in [0.05, 0.1) is 6.61 Å². The van der Waals surface area contributed by atoms with E-state index in [4.69, 9.17) is 14.7 Å². The molecule has 1 fully saturated rings. The Balaban J connectivity index is 1.86. The van der Waals surface area contributed by atoms with Crippen molar-refractivity contribution in [1.82, 2.24) is 19.7 Å².